The van der Waals surface area contributed by atoms with Gasteiger partial charge in [0.25, 0.3) is 0 Å². The molecule has 3 aliphatic heterocycles. The number of aliphatic imine (C=N–C) groups is 1. The number of guanidine groups is 1. The fourth-order valence-corrected chi connectivity index (χ4v) is 4.10. The number of rotatable bonds is 3. The largest absolute Gasteiger partial charge is 0.373 e. The first-order chi connectivity index (χ1) is 11.2. The third-order valence-corrected chi connectivity index (χ3v) is 5.44. The molecule has 0 amide bonds. The molecule has 2 N–H and O–H groups in total. The Labute approximate surface area is 160 Å². The van der Waals surface area contributed by atoms with Crippen molar-refractivity contribution in [1.29, 1.82) is 0 Å². The van der Waals surface area contributed by atoms with Crippen LogP contribution in [0.4, 0.5) is 0 Å². The zero-order valence-electron chi connectivity index (χ0n) is 14.4. The van der Waals surface area contributed by atoms with Gasteiger partial charge in [0.15, 0.2) is 5.96 Å². The molecule has 8 heteroatoms. The molecule has 0 spiro atoms. The lowest BCUT2D eigenvalue weighted by atomic mass is 9.95. The summed E-state index contributed by atoms with van der Waals surface area (Å²) in [5.41, 5.74) is 0. The van der Waals surface area contributed by atoms with Gasteiger partial charge in [-0.2, -0.15) is 0 Å². The van der Waals surface area contributed by atoms with E-state index in [4.69, 9.17) is 4.74 Å². The molecule has 2 saturated heterocycles. The van der Waals surface area contributed by atoms with Gasteiger partial charge in [-0.1, -0.05) is 0 Å². The van der Waals surface area contributed by atoms with Crippen molar-refractivity contribution in [2.75, 3.05) is 13.6 Å². The second kappa shape index (κ2) is 7.55. The molecule has 0 saturated carbocycles. The molecule has 4 atom stereocenters. The topological polar surface area (TPSA) is 76.4 Å². The van der Waals surface area contributed by atoms with E-state index in [1.165, 1.54) is 12.8 Å². The quantitative estimate of drug-likeness (QED) is 0.416. The zero-order valence-corrected chi connectivity index (χ0v) is 16.7. The SMILES string of the molecule is CN=C(NCC1CCc2nnc(C)n2C1)NC1CC2CCC1O2.I. The third-order valence-electron chi connectivity index (χ3n) is 5.44. The summed E-state index contributed by atoms with van der Waals surface area (Å²) in [5.74, 6) is 3.64. The highest BCUT2D eigenvalue weighted by Gasteiger charge is 2.41. The summed E-state index contributed by atoms with van der Waals surface area (Å²) >= 11 is 0. The Morgan fingerprint density at radius 3 is 2.92 bits per heavy atom. The average Bonchev–Trinajstić information content (AvgIpc) is 3.27. The predicted octanol–water partition coefficient (Wildman–Crippen LogP) is 1.25. The Bertz CT molecular complexity index is 603. The predicted molar refractivity (Wildman–Crippen MR) is 103 cm³/mol. The van der Waals surface area contributed by atoms with Gasteiger partial charge >= 0.3 is 0 Å². The van der Waals surface area contributed by atoms with Crippen molar-refractivity contribution in [2.45, 2.75) is 63.8 Å². The van der Waals surface area contributed by atoms with Crippen LogP contribution in [0.2, 0.25) is 0 Å². The molecule has 4 heterocycles. The molecular formula is C16H27IN6O. The molecule has 2 bridgehead atoms. The van der Waals surface area contributed by atoms with Gasteiger partial charge in [-0.25, -0.2) is 0 Å². The minimum absolute atomic E-state index is 0. The smallest absolute Gasteiger partial charge is 0.191 e. The molecule has 4 unspecified atom stereocenters. The van der Waals surface area contributed by atoms with Crippen LogP contribution in [0.5, 0.6) is 0 Å². The van der Waals surface area contributed by atoms with Gasteiger partial charge in [-0.3, -0.25) is 4.99 Å². The summed E-state index contributed by atoms with van der Waals surface area (Å²) in [6, 6.07) is 0.415. The van der Waals surface area contributed by atoms with E-state index in [-0.39, 0.29) is 24.0 Å². The summed E-state index contributed by atoms with van der Waals surface area (Å²) in [6.45, 7) is 3.95. The summed E-state index contributed by atoms with van der Waals surface area (Å²) in [7, 11) is 1.84. The van der Waals surface area contributed by atoms with Crippen molar-refractivity contribution in [3.8, 4) is 0 Å². The number of ether oxygens (including phenoxy) is 1. The lowest BCUT2D eigenvalue weighted by molar-refractivity contribution is 0.0992. The number of nitrogens with zero attached hydrogens (tertiary/aromatic N) is 4. The Kier molecular flexibility index (Phi) is 5.63. The fourth-order valence-electron chi connectivity index (χ4n) is 4.10. The van der Waals surface area contributed by atoms with E-state index < -0.39 is 0 Å². The second-order valence-corrected chi connectivity index (χ2v) is 6.99. The van der Waals surface area contributed by atoms with Crippen molar-refractivity contribution in [3.05, 3.63) is 11.6 Å². The van der Waals surface area contributed by atoms with Crippen LogP contribution < -0.4 is 10.6 Å². The summed E-state index contributed by atoms with van der Waals surface area (Å²) < 4.78 is 8.15. The molecule has 0 aliphatic carbocycles. The van der Waals surface area contributed by atoms with Gasteiger partial charge in [-0.15, -0.1) is 34.2 Å². The fraction of sp³-hybridized carbons (Fsp3) is 0.812. The zero-order chi connectivity index (χ0) is 15.8. The van der Waals surface area contributed by atoms with Gasteiger partial charge in [0, 0.05) is 26.6 Å². The standard InChI is InChI=1S/C16H26N6O.HI/c1-10-20-21-15-6-3-11(9-22(10)15)8-18-16(17-2)19-13-7-12-4-5-14(13)23-12;/h11-14H,3-9H2,1-2H3,(H2,17,18,19);1H. The van der Waals surface area contributed by atoms with E-state index >= 15 is 0 Å². The first-order valence-electron chi connectivity index (χ1n) is 8.74. The molecule has 0 aromatic carbocycles. The van der Waals surface area contributed by atoms with Crippen LogP contribution in [0.3, 0.4) is 0 Å². The minimum Gasteiger partial charge on any atom is -0.373 e. The van der Waals surface area contributed by atoms with Gasteiger partial charge in [0.05, 0.1) is 18.2 Å². The molecule has 4 rings (SSSR count). The molecule has 134 valence electrons. The van der Waals surface area contributed by atoms with Crippen molar-refractivity contribution >= 4 is 29.9 Å². The Morgan fingerprint density at radius 2 is 2.21 bits per heavy atom. The maximum atomic E-state index is 5.91. The number of aromatic nitrogens is 3. The Balaban J connectivity index is 0.00000169. The minimum atomic E-state index is 0. The van der Waals surface area contributed by atoms with E-state index in [9.17, 15) is 0 Å². The molecule has 1 aromatic heterocycles. The van der Waals surface area contributed by atoms with E-state index in [1.54, 1.807) is 0 Å². The van der Waals surface area contributed by atoms with Crippen LogP contribution in [0.1, 0.15) is 37.3 Å². The monoisotopic (exact) mass is 446 g/mol. The van der Waals surface area contributed by atoms with Gasteiger partial charge < -0.3 is 19.9 Å². The molecule has 2 fully saturated rings. The van der Waals surface area contributed by atoms with E-state index in [0.29, 0.717) is 24.2 Å². The van der Waals surface area contributed by atoms with Crippen molar-refractivity contribution in [1.82, 2.24) is 25.4 Å². The van der Waals surface area contributed by atoms with Crippen LogP contribution in [-0.2, 0) is 17.7 Å². The second-order valence-electron chi connectivity index (χ2n) is 6.99. The van der Waals surface area contributed by atoms with Crippen LogP contribution in [0.15, 0.2) is 4.99 Å². The van der Waals surface area contributed by atoms with E-state index in [0.717, 1.165) is 50.0 Å². The number of nitrogens with one attached hydrogen (secondary N) is 2. The molecule has 1 aromatic rings. The number of hydrogen-bond acceptors (Lipinski definition) is 4. The lowest BCUT2D eigenvalue weighted by Gasteiger charge is -2.27. The van der Waals surface area contributed by atoms with E-state index in [1.807, 2.05) is 14.0 Å². The van der Waals surface area contributed by atoms with Crippen molar-refractivity contribution < 1.29 is 4.74 Å². The van der Waals surface area contributed by atoms with Crippen LogP contribution in [-0.4, -0.2) is 52.6 Å². The third kappa shape index (κ3) is 3.54. The van der Waals surface area contributed by atoms with Crippen molar-refractivity contribution in [3.63, 3.8) is 0 Å². The number of halogens is 1. The van der Waals surface area contributed by atoms with E-state index in [2.05, 4.69) is 30.4 Å². The van der Waals surface area contributed by atoms with Crippen LogP contribution in [0.25, 0.3) is 0 Å². The molecule has 24 heavy (non-hydrogen) atoms. The van der Waals surface area contributed by atoms with Crippen molar-refractivity contribution in [2.24, 2.45) is 10.9 Å². The Hall–Kier alpha value is -0.900. The lowest BCUT2D eigenvalue weighted by Crippen LogP contribution is -2.48. The van der Waals surface area contributed by atoms with Gasteiger partial charge in [-0.05, 0) is 38.5 Å². The molecular weight excluding hydrogens is 419 g/mol. The highest BCUT2D eigenvalue weighted by atomic mass is 127. The molecule has 3 aliphatic rings. The normalized spacial score (nSPS) is 31.5. The van der Waals surface area contributed by atoms with Gasteiger partial charge in [0.1, 0.15) is 11.6 Å². The summed E-state index contributed by atoms with van der Waals surface area (Å²) in [4.78, 5) is 4.38. The number of fused-ring (bicyclic) bond motifs is 3. The van der Waals surface area contributed by atoms with Crippen LogP contribution in [0, 0.1) is 12.8 Å². The highest BCUT2D eigenvalue weighted by molar-refractivity contribution is 14.0. The van der Waals surface area contributed by atoms with Gasteiger partial charge in [0.2, 0.25) is 0 Å². The Morgan fingerprint density at radius 1 is 1.33 bits per heavy atom. The molecule has 7 nitrogen and oxygen atoms in total. The number of hydrogen-bond donors (Lipinski definition) is 2. The summed E-state index contributed by atoms with van der Waals surface area (Å²) in [5, 5.41) is 15.5. The summed E-state index contributed by atoms with van der Waals surface area (Å²) in [6.07, 6.45) is 6.51. The first kappa shape index (κ1) is 17.9. The highest BCUT2D eigenvalue weighted by Crippen LogP contribution is 2.34. The average molecular weight is 446 g/mol. The number of aryl methyl sites for hydroxylation is 2. The first-order valence-corrected chi connectivity index (χ1v) is 8.74. The molecule has 0 radical (unpaired) electrons. The maximum absolute atomic E-state index is 5.91. The van der Waals surface area contributed by atoms with Crippen LogP contribution >= 0.6 is 24.0 Å². The maximum Gasteiger partial charge on any atom is 0.191 e.